The van der Waals surface area contributed by atoms with Gasteiger partial charge in [0.2, 0.25) is 0 Å². The summed E-state index contributed by atoms with van der Waals surface area (Å²) >= 11 is 0. The van der Waals surface area contributed by atoms with Crippen LogP contribution in [0.3, 0.4) is 0 Å². The average molecular weight is 451 g/mol. The van der Waals surface area contributed by atoms with E-state index in [9.17, 15) is 18.0 Å². The van der Waals surface area contributed by atoms with Gasteiger partial charge in [0.25, 0.3) is 0 Å². The van der Waals surface area contributed by atoms with Gasteiger partial charge in [-0.25, -0.2) is 0 Å². The number of piperidine rings is 1. The van der Waals surface area contributed by atoms with E-state index in [1.165, 1.54) is 12.3 Å². The minimum Gasteiger partial charge on any atom is -0.403 e. The monoisotopic (exact) mass is 450 g/mol. The zero-order valence-corrected chi connectivity index (χ0v) is 18.4. The van der Waals surface area contributed by atoms with Crippen LogP contribution in [0.25, 0.3) is 10.9 Å². The second-order valence-corrected chi connectivity index (χ2v) is 8.98. The largest absolute Gasteiger partial charge is 0.573 e. The van der Waals surface area contributed by atoms with Gasteiger partial charge in [0.15, 0.2) is 12.0 Å². The van der Waals surface area contributed by atoms with Gasteiger partial charge in [-0.1, -0.05) is 19.1 Å². The van der Waals surface area contributed by atoms with Gasteiger partial charge in [0.1, 0.15) is 11.7 Å². The van der Waals surface area contributed by atoms with Gasteiger partial charge in [-0.2, -0.15) is 0 Å². The zero-order chi connectivity index (χ0) is 22.9. The normalized spacial score (nSPS) is 25.0. The van der Waals surface area contributed by atoms with Crippen molar-refractivity contribution in [1.82, 2.24) is 19.7 Å². The highest BCUT2D eigenvalue weighted by atomic mass is 19.4. The number of nitrogens with zero attached hydrogens (tertiary/aromatic N) is 4. The molecule has 3 heterocycles. The summed E-state index contributed by atoms with van der Waals surface area (Å²) in [4.78, 5) is 23.0. The van der Waals surface area contributed by atoms with Crippen molar-refractivity contribution >= 4 is 17.2 Å². The number of carbonyl (C=O) groups is 1. The number of rotatable bonds is 5. The first-order chi connectivity index (χ1) is 15.2. The molecule has 2 aromatic rings. The van der Waals surface area contributed by atoms with Gasteiger partial charge < -0.3 is 14.4 Å². The molecule has 9 heteroatoms. The van der Waals surface area contributed by atoms with Crippen LogP contribution in [0, 0.1) is 5.92 Å². The molecule has 0 spiro atoms. The first-order valence-electron chi connectivity index (χ1n) is 11.0. The molecule has 174 valence electrons. The van der Waals surface area contributed by atoms with Crippen molar-refractivity contribution < 1.29 is 22.7 Å². The van der Waals surface area contributed by atoms with E-state index < -0.39 is 6.36 Å². The van der Waals surface area contributed by atoms with Crippen LogP contribution in [0.5, 0.6) is 5.75 Å². The van der Waals surface area contributed by atoms with Crippen LogP contribution in [0.4, 0.5) is 13.2 Å². The van der Waals surface area contributed by atoms with Crippen LogP contribution in [0.1, 0.15) is 24.8 Å². The molecule has 0 amide bonds. The fourth-order valence-electron chi connectivity index (χ4n) is 5.06. The Balaban J connectivity index is 1.62. The van der Waals surface area contributed by atoms with Gasteiger partial charge in [-0.05, 0) is 43.0 Å². The van der Waals surface area contributed by atoms with Crippen molar-refractivity contribution in [3.05, 3.63) is 36.0 Å². The van der Waals surface area contributed by atoms with Gasteiger partial charge in [-0.3, -0.25) is 14.8 Å². The molecular weight excluding hydrogens is 421 g/mol. The first kappa shape index (κ1) is 22.9. The number of halogens is 3. The molecule has 0 radical (unpaired) electrons. The maximum absolute atomic E-state index is 12.9. The third kappa shape index (κ3) is 5.05. The standard InChI is InChI=1S/C23H29F3N4O2/c1-16-12-17(14-30(13-16)21(15-31)29-10-8-28(2)9-11-29)18-5-6-20(32-23(24,25)26)22-19(18)4-3-7-27-22/h3-7,15-17,21H,8-14H2,1-2H3/t16-,17-,21?/m1/s1. The van der Waals surface area contributed by atoms with Crippen molar-refractivity contribution in [2.45, 2.75) is 31.8 Å². The van der Waals surface area contributed by atoms with Crippen LogP contribution < -0.4 is 4.74 Å². The Morgan fingerprint density at radius 2 is 1.88 bits per heavy atom. The van der Waals surface area contributed by atoms with Gasteiger partial charge in [0, 0.05) is 50.9 Å². The molecule has 2 fully saturated rings. The van der Waals surface area contributed by atoms with Crippen molar-refractivity contribution in [3.8, 4) is 5.75 Å². The first-order valence-corrected chi connectivity index (χ1v) is 11.0. The van der Waals surface area contributed by atoms with E-state index in [0.717, 1.165) is 51.0 Å². The summed E-state index contributed by atoms with van der Waals surface area (Å²) in [7, 11) is 2.08. The molecule has 1 aromatic heterocycles. The maximum atomic E-state index is 12.9. The van der Waals surface area contributed by atoms with Gasteiger partial charge in [-0.15, -0.1) is 13.2 Å². The summed E-state index contributed by atoms with van der Waals surface area (Å²) in [6.07, 6.45) is -1.66. The predicted molar refractivity (Wildman–Crippen MR) is 115 cm³/mol. The van der Waals surface area contributed by atoms with Crippen LogP contribution >= 0.6 is 0 Å². The summed E-state index contributed by atoms with van der Waals surface area (Å²) in [5.41, 5.74) is 1.15. The number of hydrogen-bond acceptors (Lipinski definition) is 6. The van der Waals surface area contributed by atoms with Crippen LogP contribution in [-0.2, 0) is 4.79 Å². The number of hydrogen-bond donors (Lipinski definition) is 0. The summed E-state index contributed by atoms with van der Waals surface area (Å²) in [6, 6.07) is 6.60. The van der Waals surface area contributed by atoms with Crippen molar-refractivity contribution in [2.75, 3.05) is 46.3 Å². The molecule has 2 aliphatic heterocycles. The minimum atomic E-state index is -4.78. The van der Waals surface area contributed by atoms with Gasteiger partial charge in [0.05, 0.1) is 0 Å². The van der Waals surface area contributed by atoms with E-state index in [0.29, 0.717) is 17.8 Å². The molecule has 2 saturated heterocycles. The quantitative estimate of drug-likeness (QED) is 0.652. The average Bonchev–Trinajstić information content (AvgIpc) is 2.74. The topological polar surface area (TPSA) is 48.9 Å². The number of benzene rings is 1. The Kier molecular flexibility index (Phi) is 6.69. The highest BCUT2D eigenvalue weighted by Crippen LogP contribution is 2.38. The molecule has 32 heavy (non-hydrogen) atoms. The summed E-state index contributed by atoms with van der Waals surface area (Å²) in [5.74, 6) is 0.141. The molecular formula is C23H29F3N4O2. The van der Waals surface area contributed by atoms with Crippen molar-refractivity contribution in [3.63, 3.8) is 0 Å². The number of aromatic nitrogens is 1. The van der Waals surface area contributed by atoms with Crippen LogP contribution in [0.2, 0.25) is 0 Å². The number of pyridine rings is 1. The smallest absolute Gasteiger partial charge is 0.403 e. The Bertz CT molecular complexity index is 946. The van der Waals surface area contributed by atoms with Gasteiger partial charge >= 0.3 is 6.36 Å². The van der Waals surface area contributed by atoms with E-state index in [2.05, 4.69) is 38.4 Å². The molecule has 0 N–H and O–H groups in total. The Morgan fingerprint density at radius 1 is 1.12 bits per heavy atom. The molecule has 0 saturated carbocycles. The fraction of sp³-hybridized carbons (Fsp3) is 0.565. The molecule has 0 aliphatic carbocycles. The summed E-state index contributed by atoms with van der Waals surface area (Å²) in [5, 5.41) is 0.663. The SMILES string of the molecule is C[C@@H]1C[C@@H](c2ccc(OC(F)(F)F)c3ncccc23)CN(C(C=O)N2CCN(C)CC2)C1. The van der Waals surface area contributed by atoms with Crippen molar-refractivity contribution in [2.24, 2.45) is 5.92 Å². The number of ether oxygens (including phenoxy) is 1. The molecule has 2 aliphatic rings. The van der Waals surface area contributed by atoms with Crippen molar-refractivity contribution in [1.29, 1.82) is 0 Å². The van der Waals surface area contributed by atoms with Crippen LogP contribution in [0.15, 0.2) is 30.5 Å². The second-order valence-electron chi connectivity index (χ2n) is 8.98. The lowest BCUT2D eigenvalue weighted by atomic mass is 9.83. The Morgan fingerprint density at radius 3 is 2.56 bits per heavy atom. The maximum Gasteiger partial charge on any atom is 0.573 e. The number of fused-ring (bicyclic) bond motifs is 1. The number of piperazine rings is 1. The molecule has 6 nitrogen and oxygen atoms in total. The third-order valence-electron chi connectivity index (χ3n) is 6.53. The Labute approximate surface area is 185 Å². The second kappa shape index (κ2) is 9.33. The molecule has 0 bridgehead atoms. The lowest BCUT2D eigenvalue weighted by Gasteiger charge is -2.45. The van der Waals surface area contributed by atoms with E-state index >= 15 is 0 Å². The molecule has 1 aromatic carbocycles. The van der Waals surface area contributed by atoms with E-state index in [1.807, 2.05) is 0 Å². The molecule has 4 rings (SSSR count). The third-order valence-corrected chi connectivity index (χ3v) is 6.53. The number of likely N-dealkylation sites (tertiary alicyclic amines) is 1. The zero-order valence-electron chi connectivity index (χ0n) is 18.4. The van der Waals surface area contributed by atoms with E-state index in [-0.39, 0.29) is 23.3 Å². The lowest BCUT2D eigenvalue weighted by molar-refractivity contribution is -0.274. The predicted octanol–water partition coefficient (Wildman–Crippen LogP) is 3.33. The fourth-order valence-corrected chi connectivity index (χ4v) is 5.06. The highest BCUT2D eigenvalue weighted by molar-refractivity contribution is 5.88. The number of likely N-dealkylation sites (N-methyl/N-ethyl adjacent to an activating group) is 1. The summed E-state index contributed by atoms with van der Waals surface area (Å²) in [6.45, 7) is 7.17. The number of alkyl halides is 3. The number of aldehydes is 1. The summed E-state index contributed by atoms with van der Waals surface area (Å²) < 4.78 is 42.8. The molecule has 3 atom stereocenters. The van der Waals surface area contributed by atoms with E-state index in [1.54, 1.807) is 18.2 Å². The molecule has 1 unspecified atom stereocenters. The van der Waals surface area contributed by atoms with E-state index in [4.69, 9.17) is 0 Å². The minimum absolute atomic E-state index is 0.0836. The Hall–Kier alpha value is -2.23. The lowest BCUT2D eigenvalue weighted by Crippen LogP contribution is -2.58. The number of carbonyl (C=O) groups excluding carboxylic acids is 1. The van der Waals surface area contributed by atoms with Crippen LogP contribution in [-0.4, -0.2) is 84.8 Å². The highest BCUT2D eigenvalue weighted by Gasteiger charge is 2.36.